The first kappa shape index (κ1) is 13.1. The summed E-state index contributed by atoms with van der Waals surface area (Å²) >= 11 is 3.39. The van der Waals surface area contributed by atoms with E-state index in [2.05, 4.69) is 15.9 Å². The van der Waals surface area contributed by atoms with Crippen LogP contribution in [0.4, 0.5) is 0 Å². The summed E-state index contributed by atoms with van der Waals surface area (Å²) in [4.78, 5) is 0. The molecule has 1 aromatic rings. The Hall–Kier alpha value is -0.390. The summed E-state index contributed by atoms with van der Waals surface area (Å²) in [6, 6.07) is 7.99. The molecule has 1 heterocycles. The van der Waals surface area contributed by atoms with E-state index in [1.807, 2.05) is 24.3 Å². The Bertz CT molecular complexity index is 484. The van der Waals surface area contributed by atoms with E-state index in [0.717, 1.165) is 16.5 Å². The van der Waals surface area contributed by atoms with Crippen molar-refractivity contribution in [2.45, 2.75) is 12.3 Å². The molecular formula is C12H16BrNO2S. The normalized spacial score (nSPS) is 24.7. The van der Waals surface area contributed by atoms with Crippen LogP contribution in [0.3, 0.4) is 0 Å². The van der Waals surface area contributed by atoms with E-state index in [4.69, 9.17) is 5.73 Å². The third kappa shape index (κ3) is 3.09. The molecule has 1 fully saturated rings. The van der Waals surface area contributed by atoms with Crippen molar-refractivity contribution in [1.29, 1.82) is 0 Å². The number of hydrogen-bond donors (Lipinski definition) is 1. The molecule has 0 amide bonds. The van der Waals surface area contributed by atoms with Crippen LogP contribution >= 0.6 is 15.9 Å². The fraction of sp³-hybridized carbons (Fsp3) is 0.500. The molecule has 0 radical (unpaired) electrons. The number of halogens is 1. The molecule has 0 saturated carbocycles. The van der Waals surface area contributed by atoms with Gasteiger partial charge in [0.05, 0.1) is 11.5 Å². The molecule has 0 spiro atoms. The standard InChI is InChI=1S/C12H16BrNO2S/c13-11-3-1-9(2-4-11)12(7-14)10-5-6-17(15,16)8-10/h1-4,10,12H,5-8,14H2. The molecule has 1 aliphatic heterocycles. The zero-order valence-electron chi connectivity index (χ0n) is 9.47. The molecule has 3 nitrogen and oxygen atoms in total. The molecular weight excluding hydrogens is 302 g/mol. The molecule has 2 atom stereocenters. The van der Waals surface area contributed by atoms with Crippen LogP contribution in [-0.4, -0.2) is 26.5 Å². The average molecular weight is 318 g/mol. The number of benzene rings is 1. The molecule has 0 bridgehead atoms. The number of hydrogen-bond acceptors (Lipinski definition) is 3. The van der Waals surface area contributed by atoms with Crippen molar-refractivity contribution < 1.29 is 8.42 Å². The summed E-state index contributed by atoms with van der Waals surface area (Å²) in [6.45, 7) is 0.502. The van der Waals surface area contributed by atoms with Gasteiger partial charge in [-0.05, 0) is 42.5 Å². The molecule has 1 aromatic carbocycles. The molecule has 0 aliphatic carbocycles. The second-order valence-electron chi connectivity index (χ2n) is 4.56. The predicted molar refractivity (Wildman–Crippen MR) is 72.7 cm³/mol. The summed E-state index contributed by atoms with van der Waals surface area (Å²) in [5.74, 6) is 0.918. The number of sulfone groups is 1. The summed E-state index contributed by atoms with van der Waals surface area (Å²) in [5, 5.41) is 0. The zero-order valence-corrected chi connectivity index (χ0v) is 11.9. The third-order valence-corrected chi connectivity index (χ3v) is 5.71. The monoisotopic (exact) mass is 317 g/mol. The Balaban J connectivity index is 2.20. The quantitative estimate of drug-likeness (QED) is 0.926. The van der Waals surface area contributed by atoms with E-state index in [-0.39, 0.29) is 17.6 Å². The zero-order chi connectivity index (χ0) is 12.5. The Morgan fingerprint density at radius 2 is 2.00 bits per heavy atom. The lowest BCUT2D eigenvalue weighted by Crippen LogP contribution is -2.22. The maximum Gasteiger partial charge on any atom is 0.150 e. The first-order valence-electron chi connectivity index (χ1n) is 5.68. The smallest absolute Gasteiger partial charge is 0.150 e. The first-order chi connectivity index (χ1) is 8.02. The second-order valence-corrected chi connectivity index (χ2v) is 7.70. The van der Waals surface area contributed by atoms with Gasteiger partial charge in [-0.2, -0.15) is 0 Å². The van der Waals surface area contributed by atoms with Crippen LogP contribution in [0.2, 0.25) is 0 Å². The highest BCUT2D eigenvalue weighted by atomic mass is 79.9. The van der Waals surface area contributed by atoms with Crippen LogP contribution < -0.4 is 5.73 Å². The Morgan fingerprint density at radius 3 is 2.47 bits per heavy atom. The van der Waals surface area contributed by atoms with E-state index in [1.165, 1.54) is 0 Å². The first-order valence-corrected chi connectivity index (χ1v) is 8.29. The van der Waals surface area contributed by atoms with Crippen molar-refractivity contribution >= 4 is 25.8 Å². The van der Waals surface area contributed by atoms with Crippen LogP contribution in [0.1, 0.15) is 17.9 Å². The van der Waals surface area contributed by atoms with Crippen molar-refractivity contribution in [2.75, 3.05) is 18.1 Å². The fourth-order valence-electron chi connectivity index (χ4n) is 2.45. The third-order valence-electron chi connectivity index (χ3n) is 3.39. The van der Waals surface area contributed by atoms with E-state index in [0.29, 0.717) is 12.3 Å². The van der Waals surface area contributed by atoms with E-state index in [9.17, 15) is 8.42 Å². The van der Waals surface area contributed by atoms with Crippen molar-refractivity contribution in [3.8, 4) is 0 Å². The topological polar surface area (TPSA) is 60.2 Å². The van der Waals surface area contributed by atoms with Gasteiger partial charge in [0.15, 0.2) is 9.84 Å². The Morgan fingerprint density at radius 1 is 1.35 bits per heavy atom. The summed E-state index contributed by atoms with van der Waals surface area (Å²) in [5.41, 5.74) is 6.94. The average Bonchev–Trinajstić information content (AvgIpc) is 2.63. The number of nitrogens with two attached hydrogens (primary N) is 1. The molecule has 0 aromatic heterocycles. The maximum absolute atomic E-state index is 11.5. The van der Waals surface area contributed by atoms with Gasteiger partial charge < -0.3 is 5.73 Å². The molecule has 94 valence electrons. The minimum atomic E-state index is -2.83. The minimum absolute atomic E-state index is 0.153. The largest absolute Gasteiger partial charge is 0.330 e. The van der Waals surface area contributed by atoms with E-state index >= 15 is 0 Å². The van der Waals surface area contributed by atoms with Crippen molar-refractivity contribution in [1.82, 2.24) is 0 Å². The minimum Gasteiger partial charge on any atom is -0.330 e. The molecule has 5 heteroatoms. The Kier molecular flexibility index (Phi) is 3.90. The van der Waals surface area contributed by atoms with Crippen LogP contribution in [0, 0.1) is 5.92 Å². The highest BCUT2D eigenvalue weighted by Gasteiger charge is 2.33. The lowest BCUT2D eigenvalue weighted by atomic mass is 9.86. The van der Waals surface area contributed by atoms with E-state index < -0.39 is 9.84 Å². The van der Waals surface area contributed by atoms with Gasteiger partial charge in [-0.25, -0.2) is 8.42 Å². The summed E-state index contributed by atoms with van der Waals surface area (Å²) in [6.07, 6.45) is 0.736. The van der Waals surface area contributed by atoms with Crippen LogP contribution in [0.5, 0.6) is 0 Å². The van der Waals surface area contributed by atoms with Crippen molar-refractivity contribution in [3.05, 3.63) is 34.3 Å². The second kappa shape index (κ2) is 5.08. The van der Waals surface area contributed by atoms with Crippen LogP contribution in [0.15, 0.2) is 28.7 Å². The lowest BCUT2D eigenvalue weighted by molar-refractivity contribution is 0.474. The van der Waals surface area contributed by atoms with Gasteiger partial charge in [-0.15, -0.1) is 0 Å². The van der Waals surface area contributed by atoms with Gasteiger partial charge in [0, 0.05) is 4.47 Å². The molecule has 2 N–H and O–H groups in total. The lowest BCUT2D eigenvalue weighted by Gasteiger charge is -2.21. The Labute approximate surface area is 110 Å². The maximum atomic E-state index is 11.5. The van der Waals surface area contributed by atoms with Gasteiger partial charge in [-0.3, -0.25) is 0 Å². The molecule has 2 rings (SSSR count). The highest BCUT2D eigenvalue weighted by molar-refractivity contribution is 9.10. The molecule has 2 unspecified atom stereocenters. The van der Waals surface area contributed by atoms with Gasteiger partial charge in [0.25, 0.3) is 0 Å². The van der Waals surface area contributed by atoms with Crippen LogP contribution in [-0.2, 0) is 9.84 Å². The SMILES string of the molecule is NCC(c1ccc(Br)cc1)C1CCS(=O)(=O)C1. The van der Waals surface area contributed by atoms with Gasteiger partial charge in [0.1, 0.15) is 0 Å². The molecule has 1 aliphatic rings. The summed E-state index contributed by atoms with van der Waals surface area (Å²) in [7, 11) is -2.83. The van der Waals surface area contributed by atoms with E-state index in [1.54, 1.807) is 0 Å². The van der Waals surface area contributed by atoms with Gasteiger partial charge >= 0.3 is 0 Å². The molecule has 1 saturated heterocycles. The number of rotatable bonds is 3. The molecule has 17 heavy (non-hydrogen) atoms. The van der Waals surface area contributed by atoms with Crippen LogP contribution in [0.25, 0.3) is 0 Å². The van der Waals surface area contributed by atoms with Crippen molar-refractivity contribution in [3.63, 3.8) is 0 Å². The van der Waals surface area contributed by atoms with Gasteiger partial charge in [0.2, 0.25) is 0 Å². The fourth-order valence-corrected chi connectivity index (χ4v) is 4.60. The highest BCUT2D eigenvalue weighted by Crippen LogP contribution is 2.33. The van der Waals surface area contributed by atoms with Gasteiger partial charge in [-0.1, -0.05) is 28.1 Å². The predicted octanol–water partition coefficient (Wildman–Crippen LogP) is 1.93. The van der Waals surface area contributed by atoms with Crippen molar-refractivity contribution in [2.24, 2.45) is 11.7 Å². The summed E-state index contributed by atoms with van der Waals surface area (Å²) < 4.78 is 24.0.